The number of fused-ring (bicyclic) bond motifs is 1. The lowest BCUT2D eigenvalue weighted by Gasteiger charge is -2.13. The largest absolute Gasteiger partial charge is 0.352 e. The molecule has 0 atom stereocenters. The predicted octanol–water partition coefficient (Wildman–Crippen LogP) is 3.40. The van der Waals surface area contributed by atoms with E-state index in [4.69, 9.17) is 0 Å². The summed E-state index contributed by atoms with van der Waals surface area (Å²) in [5.41, 5.74) is 2.26. The number of carbonyl (C=O) groups is 1. The quantitative estimate of drug-likeness (QED) is 0.873. The summed E-state index contributed by atoms with van der Waals surface area (Å²) in [5.74, 6) is 0.775. The van der Waals surface area contributed by atoms with Gasteiger partial charge in [0.15, 0.2) is 0 Å². The first-order valence-electron chi connectivity index (χ1n) is 6.56. The van der Waals surface area contributed by atoms with Crippen LogP contribution in [-0.4, -0.2) is 12.5 Å². The maximum atomic E-state index is 12.1. The summed E-state index contributed by atoms with van der Waals surface area (Å²) in [6, 6.07) is 0. The van der Waals surface area contributed by atoms with Crippen LogP contribution in [-0.2, 0) is 12.8 Å². The molecule has 0 bridgehead atoms. The monoisotopic (exact) mass is 251 g/mol. The Kier molecular flexibility index (Phi) is 4.21. The zero-order valence-electron chi connectivity index (χ0n) is 10.7. The Morgan fingerprint density at radius 1 is 1.41 bits per heavy atom. The molecule has 2 nitrogen and oxygen atoms in total. The maximum Gasteiger partial charge on any atom is 0.252 e. The van der Waals surface area contributed by atoms with Gasteiger partial charge in [0, 0.05) is 16.8 Å². The number of aryl methyl sites for hydroxylation is 1. The summed E-state index contributed by atoms with van der Waals surface area (Å²) >= 11 is 1.76. The van der Waals surface area contributed by atoms with E-state index in [1.807, 2.05) is 5.38 Å². The highest BCUT2D eigenvalue weighted by Gasteiger charge is 2.19. The van der Waals surface area contributed by atoms with Gasteiger partial charge < -0.3 is 5.32 Å². The van der Waals surface area contributed by atoms with Crippen LogP contribution < -0.4 is 5.32 Å². The van der Waals surface area contributed by atoms with Crippen molar-refractivity contribution in [3.05, 3.63) is 21.4 Å². The third kappa shape index (κ3) is 3.09. The molecule has 0 saturated carbocycles. The van der Waals surface area contributed by atoms with Crippen molar-refractivity contribution in [1.82, 2.24) is 5.32 Å². The van der Waals surface area contributed by atoms with E-state index in [2.05, 4.69) is 19.2 Å². The topological polar surface area (TPSA) is 29.1 Å². The maximum absolute atomic E-state index is 12.1. The molecule has 0 unspecified atom stereocenters. The van der Waals surface area contributed by atoms with Crippen LogP contribution in [0.3, 0.4) is 0 Å². The Balaban J connectivity index is 1.97. The average molecular weight is 251 g/mol. The summed E-state index contributed by atoms with van der Waals surface area (Å²) in [7, 11) is 0. The molecule has 1 aliphatic rings. The van der Waals surface area contributed by atoms with Crippen LogP contribution in [0, 0.1) is 5.92 Å². The Labute approximate surface area is 107 Å². The molecule has 0 saturated heterocycles. The van der Waals surface area contributed by atoms with Gasteiger partial charge in [0.05, 0.1) is 5.56 Å². The van der Waals surface area contributed by atoms with Crippen LogP contribution in [0.4, 0.5) is 0 Å². The van der Waals surface area contributed by atoms with Crippen LogP contribution in [0.5, 0.6) is 0 Å². The molecule has 1 heterocycles. The number of hydrogen-bond acceptors (Lipinski definition) is 2. The standard InChI is InChI=1S/C14H21NOS/c1-10(2)7-8-15-14(16)12-9-17-13-6-4-3-5-11(12)13/h9-10H,3-8H2,1-2H3,(H,15,16). The summed E-state index contributed by atoms with van der Waals surface area (Å²) in [5, 5.41) is 5.08. The molecule has 1 amide bonds. The number of carbonyl (C=O) groups excluding carboxylic acids is 1. The van der Waals surface area contributed by atoms with Gasteiger partial charge in [-0.1, -0.05) is 13.8 Å². The summed E-state index contributed by atoms with van der Waals surface area (Å²) in [6.45, 7) is 5.15. The van der Waals surface area contributed by atoms with E-state index in [1.165, 1.54) is 29.7 Å². The number of nitrogens with one attached hydrogen (secondary N) is 1. The molecule has 1 aromatic heterocycles. The molecule has 1 aliphatic carbocycles. The summed E-state index contributed by atoms with van der Waals surface area (Å²) in [6.07, 6.45) is 5.82. The van der Waals surface area contributed by atoms with Crippen LogP contribution in [0.2, 0.25) is 0 Å². The highest BCUT2D eigenvalue weighted by Crippen LogP contribution is 2.30. The predicted molar refractivity (Wildman–Crippen MR) is 72.7 cm³/mol. The second-order valence-electron chi connectivity index (χ2n) is 5.20. The van der Waals surface area contributed by atoms with Gasteiger partial charge in [-0.3, -0.25) is 4.79 Å². The van der Waals surface area contributed by atoms with Crippen molar-refractivity contribution >= 4 is 17.2 Å². The van der Waals surface area contributed by atoms with Crippen LogP contribution in [0.25, 0.3) is 0 Å². The average Bonchev–Trinajstić information content (AvgIpc) is 2.72. The van der Waals surface area contributed by atoms with Gasteiger partial charge in [0.25, 0.3) is 5.91 Å². The van der Waals surface area contributed by atoms with Crippen molar-refractivity contribution < 1.29 is 4.79 Å². The van der Waals surface area contributed by atoms with E-state index in [0.717, 1.165) is 24.9 Å². The second-order valence-corrected chi connectivity index (χ2v) is 6.16. The number of amides is 1. The van der Waals surface area contributed by atoms with Crippen molar-refractivity contribution in [2.75, 3.05) is 6.54 Å². The fourth-order valence-electron chi connectivity index (χ4n) is 2.25. The lowest BCUT2D eigenvalue weighted by atomic mass is 9.95. The van der Waals surface area contributed by atoms with Crippen LogP contribution in [0.15, 0.2) is 5.38 Å². The number of hydrogen-bond donors (Lipinski definition) is 1. The molecule has 1 N–H and O–H groups in total. The van der Waals surface area contributed by atoms with Crippen LogP contribution in [0.1, 0.15) is 53.9 Å². The molecule has 0 aliphatic heterocycles. The minimum absolute atomic E-state index is 0.130. The molecular formula is C14H21NOS. The Morgan fingerprint density at radius 2 is 2.18 bits per heavy atom. The third-order valence-corrected chi connectivity index (χ3v) is 4.40. The Hall–Kier alpha value is -0.830. The van der Waals surface area contributed by atoms with Crippen molar-refractivity contribution in [2.24, 2.45) is 5.92 Å². The van der Waals surface area contributed by atoms with Crippen molar-refractivity contribution in [3.8, 4) is 0 Å². The minimum Gasteiger partial charge on any atom is -0.352 e. The smallest absolute Gasteiger partial charge is 0.252 e. The first-order valence-corrected chi connectivity index (χ1v) is 7.44. The lowest BCUT2D eigenvalue weighted by Crippen LogP contribution is -2.26. The molecule has 94 valence electrons. The summed E-state index contributed by atoms with van der Waals surface area (Å²) < 4.78 is 0. The van der Waals surface area contributed by atoms with Gasteiger partial charge in [0.1, 0.15) is 0 Å². The van der Waals surface area contributed by atoms with Gasteiger partial charge in [-0.15, -0.1) is 11.3 Å². The molecule has 0 spiro atoms. The first-order chi connectivity index (χ1) is 8.18. The summed E-state index contributed by atoms with van der Waals surface area (Å²) in [4.78, 5) is 13.5. The highest BCUT2D eigenvalue weighted by atomic mass is 32.1. The van der Waals surface area contributed by atoms with E-state index in [-0.39, 0.29) is 5.91 Å². The zero-order chi connectivity index (χ0) is 12.3. The molecule has 17 heavy (non-hydrogen) atoms. The third-order valence-electron chi connectivity index (χ3n) is 3.31. The zero-order valence-corrected chi connectivity index (χ0v) is 11.5. The van der Waals surface area contributed by atoms with Crippen molar-refractivity contribution in [3.63, 3.8) is 0 Å². The van der Waals surface area contributed by atoms with E-state index >= 15 is 0 Å². The number of rotatable bonds is 4. The van der Waals surface area contributed by atoms with Gasteiger partial charge in [-0.05, 0) is 43.6 Å². The van der Waals surface area contributed by atoms with Crippen molar-refractivity contribution in [2.45, 2.75) is 46.0 Å². The van der Waals surface area contributed by atoms with Gasteiger partial charge in [-0.25, -0.2) is 0 Å². The normalized spacial score (nSPS) is 14.8. The highest BCUT2D eigenvalue weighted by molar-refractivity contribution is 7.10. The van der Waals surface area contributed by atoms with Gasteiger partial charge in [0.2, 0.25) is 0 Å². The van der Waals surface area contributed by atoms with E-state index in [9.17, 15) is 4.79 Å². The van der Waals surface area contributed by atoms with Crippen LogP contribution >= 0.6 is 11.3 Å². The first kappa shape index (κ1) is 12.6. The molecular weight excluding hydrogens is 230 g/mol. The molecule has 3 heteroatoms. The van der Waals surface area contributed by atoms with Crippen molar-refractivity contribution in [1.29, 1.82) is 0 Å². The Bertz CT molecular complexity index is 395. The number of thiophene rings is 1. The van der Waals surface area contributed by atoms with Gasteiger partial charge in [-0.2, -0.15) is 0 Å². The molecule has 0 radical (unpaired) electrons. The van der Waals surface area contributed by atoms with E-state index < -0.39 is 0 Å². The second kappa shape index (κ2) is 5.67. The lowest BCUT2D eigenvalue weighted by molar-refractivity contribution is 0.0951. The van der Waals surface area contributed by atoms with E-state index in [0.29, 0.717) is 5.92 Å². The molecule has 1 aromatic rings. The molecule has 0 fully saturated rings. The Morgan fingerprint density at radius 3 is 2.94 bits per heavy atom. The SMILES string of the molecule is CC(C)CCNC(=O)c1csc2c1CCCC2. The molecule has 2 rings (SSSR count). The van der Waals surface area contributed by atoms with E-state index in [1.54, 1.807) is 11.3 Å². The van der Waals surface area contributed by atoms with Gasteiger partial charge >= 0.3 is 0 Å². The fraction of sp³-hybridized carbons (Fsp3) is 0.643. The minimum atomic E-state index is 0.130. The fourth-order valence-corrected chi connectivity index (χ4v) is 3.38. The molecule has 0 aromatic carbocycles.